The predicted molar refractivity (Wildman–Crippen MR) is 75.4 cm³/mol. The van der Waals surface area contributed by atoms with Crippen LogP contribution < -0.4 is 5.73 Å². The summed E-state index contributed by atoms with van der Waals surface area (Å²) in [6.07, 6.45) is 8.96. The van der Waals surface area contributed by atoms with Gasteiger partial charge in [0, 0.05) is 25.2 Å². The van der Waals surface area contributed by atoms with Crippen LogP contribution in [0.2, 0.25) is 0 Å². The lowest BCUT2D eigenvalue weighted by Gasteiger charge is -2.48. The Morgan fingerprint density at radius 1 is 1.22 bits per heavy atom. The SMILES string of the molecule is CC1CCC(CN)C(N(CCCO)C2CCC2)C1. The summed E-state index contributed by atoms with van der Waals surface area (Å²) in [5.41, 5.74) is 5.99. The molecule has 0 radical (unpaired) electrons. The molecule has 0 aromatic carbocycles. The molecule has 2 saturated carbocycles. The molecule has 3 heteroatoms. The number of hydrogen-bond donors (Lipinski definition) is 2. The average molecular weight is 254 g/mol. The number of aliphatic hydroxyl groups excluding tert-OH is 1. The van der Waals surface area contributed by atoms with E-state index < -0.39 is 0 Å². The van der Waals surface area contributed by atoms with Crippen LogP contribution in [0.1, 0.15) is 51.9 Å². The van der Waals surface area contributed by atoms with Crippen LogP contribution in [0.25, 0.3) is 0 Å². The summed E-state index contributed by atoms with van der Waals surface area (Å²) < 4.78 is 0. The van der Waals surface area contributed by atoms with E-state index >= 15 is 0 Å². The summed E-state index contributed by atoms with van der Waals surface area (Å²) >= 11 is 0. The lowest BCUT2D eigenvalue weighted by Crippen LogP contribution is -2.53. The number of nitrogens with zero attached hydrogens (tertiary/aromatic N) is 1. The third-order valence-corrected chi connectivity index (χ3v) is 5.07. The van der Waals surface area contributed by atoms with Gasteiger partial charge in [0.1, 0.15) is 0 Å². The molecule has 2 aliphatic carbocycles. The monoisotopic (exact) mass is 254 g/mol. The van der Waals surface area contributed by atoms with Crippen molar-refractivity contribution < 1.29 is 5.11 Å². The quantitative estimate of drug-likeness (QED) is 0.762. The highest BCUT2D eigenvalue weighted by atomic mass is 16.3. The minimum atomic E-state index is 0.318. The van der Waals surface area contributed by atoms with Crippen molar-refractivity contribution in [3.8, 4) is 0 Å². The second-order valence-electron chi connectivity index (χ2n) is 6.38. The van der Waals surface area contributed by atoms with Crippen molar-refractivity contribution in [3.63, 3.8) is 0 Å². The molecule has 3 unspecified atom stereocenters. The third kappa shape index (κ3) is 3.25. The van der Waals surface area contributed by atoms with E-state index in [2.05, 4.69) is 11.8 Å². The number of hydrogen-bond acceptors (Lipinski definition) is 3. The molecule has 3 N–H and O–H groups in total. The van der Waals surface area contributed by atoms with Gasteiger partial charge in [-0.3, -0.25) is 4.90 Å². The van der Waals surface area contributed by atoms with Crippen LogP contribution in [0, 0.1) is 11.8 Å². The lowest BCUT2D eigenvalue weighted by molar-refractivity contribution is 0.0154. The van der Waals surface area contributed by atoms with Crippen LogP contribution in [-0.4, -0.2) is 41.8 Å². The van der Waals surface area contributed by atoms with Gasteiger partial charge in [0.15, 0.2) is 0 Å². The van der Waals surface area contributed by atoms with Crippen LogP contribution >= 0.6 is 0 Å². The summed E-state index contributed by atoms with van der Waals surface area (Å²) in [4.78, 5) is 2.70. The van der Waals surface area contributed by atoms with E-state index in [4.69, 9.17) is 10.8 Å². The highest BCUT2D eigenvalue weighted by molar-refractivity contribution is 4.91. The third-order valence-electron chi connectivity index (χ3n) is 5.07. The van der Waals surface area contributed by atoms with Crippen LogP contribution in [-0.2, 0) is 0 Å². The Labute approximate surface area is 112 Å². The van der Waals surface area contributed by atoms with Gasteiger partial charge in [-0.25, -0.2) is 0 Å². The van der Waals surface area contributed by atoms with Gasteiger partial charge in [-0.15, -0.1) is 0 Å². The zero-order chi connectivity index (χ0) is 13.0. The Morgan fingerprint density at radius 3 is 2.56 bits per heavy atom. The van der Waals surface area contributed by atoms with Crippen molar-refractivity contribution in [1.29, 1.82) is 0 Å². The Hall–Kier alpha value is -0.120. The van der Waals surface area contributed by atoms with E-state index in [1.807, 2.05) is 0 Å². The van der Waals surface area contributed by atoms with Crippen molar-refractivity contribution in [2.24, 2.45) is 17.6 Å². The summed E-state index contributed by atoms with van der Waals surface area (Å²) in [6, 6.07) is 1.46. The maximum atomic E-state index is 9.11. The first kappa shape index (κ1) is 14.3. The molecule has 0 saturated heterocycles. The molecule has 0 bridgehead atoms. The molecular weight excluding hydrogens is 224 g/mol. The summed E-state index contributed by atoms with van der Waals surface area (Å²) in [7, 11) is 0. The molecule has 106 valence electrons. The van der Waals surface area contributed by atoms with E-state index in [0.29, 0.717) is 18.6 Å². The molecule has 0 aliphatic heterocycles. The molecule has 0 spiro atoms. The van der Waals surface area contributed by atoms with Crippen LogP contribution in [0.3, 0.4) is 0 Å². The van der Waals surface area contributed by atoms with Crippen molar-refractivity contribution >= 4 is 0 Å². The molecule has 2 aliphatic rings. The van der Waals surface area contributed by atoms with E-state index in [-0.39, 0.29) is 0 Å². The zero-order valence-electron chi connectivity index (χ0n) is 11.9. The first-order valence-electron chi connectivity index (χ1n) is 7.83. The molecule has 2 fully saturated rings. The molecule has 0 amide bonds. The van der Waals surface area contributed by atoms with Crippen LogP contribution in [0.15, 0.2) is 0 Å². The highest BCUT2D eigenvalue weighted by Gasteiger charge is 2.36. The zero-order valence-corrected chi connectivity index (χ0v) is 11.9. The van der Waals surface area contributed by atoms with Gasteiger partial charge in [-0.2, -0.15) is 0 Å². The second kappa shape index (κ2) is 6.88. The molecule has 3 nitrogen and oxygen atoms in total. The molecular formula is C15H30N2O. The van der Waals surface area contributed by atoms with Crippen molar-refractivity contribution in [2.45, 2.75) is 64.0 Å². The summed E-state index contributed by atoms with van der Waals surface area (Å²) in [6.45, 7) is 4.60. The second-order valence-corrected chi connectivity index (χ2v) is 6.38. The Kier molecular flexibility index (Phi) is 5.46. The minimum absolute atomic E-state index is 0.318. The molecule has 0 aromatic heterocycles. The fraction of sp³-hybridized carbons (Fsp3) is 1.00. The molecule has 2 rings (SSSR count). The Morgan fingerprint density at radius 2 is 2.00 bits per heavy atom. The van der Waals surface area contributed by atoms with Crippen molar-refractivity contribution in [3.05, 3.63) is 0 Å². The van der Waals surface area contributed by atoms with Gasteiger partial charge in [-0.1, -0.05) is 19.8 Å². The smallest absolute Gasteiger partial charge is 0.0443 e. The lowest BCUT2D eigenvalue weighted by atomic mass is 9.76. The molecule has 0 aromatic rings. The maximum absolute atomic E-state index is 9.11. The predicted octanol–water partition coefficient (Wildman–Crippen LogP) is 1.99. The normalized spacial score (nSPS) is 33.7. The van der Waals surface area contributed by atoms with E-state index in [0.717, 1.165) is 31.5 Å². The fourth-order valence-electron chi connectivity index (χ4n) is 3.69. The van der Waals surface area contributed by atoms with Crippen molar-refractivity contribution in [2.75, 3.05) is 19.7 Å². The maximum Gasteiger partial charge on any atom is 0.0443 e. The number of aliphatic hydroxyl groups is 1. The van der Waals surface area contributed by atoms with Gasteiger partial charge < -0.3 is 10.8 Å². The van der Waals surface area contributed by atoms with Gasteiger partial charge in [0.25, 0.3) is 0 Å². The van der Waals surface area contributed by atoms with Gasteiger partial charge >= 0.3 is 0 Å². The van der Waals surface area contributed by atoms with Gasteiger partial charge in [0.05, 0.1) is 0 Å². The Bertz CT molecular complexity index is 243. The van der Waals surface area contributed by atoms with E-state index in [1.54, 1.807) is 0 Å². The van der Waals surface area contributed by atoms with E-state index in [1.165, 1.54) is 38.5 Å². The first-order chi connectivity index (χ1) is 8.76. The fourth-order valence-corrected chi connectivity index (χ4v) is 3.69. The standard InChI is InChI=1S/C15H30N2O/c1-12-6-7-13(11-16)15(10-12)17(8-3-9-18)14-4-2-5-14/h12-15,18H,2-11,16H2,1H3. The summed E-state index contributed by atoms with van der Waals surface area (Å²) in [5.74, 6) is 1.52. The average Bonchev–Trinajstić information content (AvgIpc) is 2.32. The van der Waals surface area contributed by atoms with Gasteiger partial charge in [-0.05, 0) is 50.5 Å². The highest BCUT2D eigenvalue weighted by Crippen LogP contribution is 2.36. The Balaban J connectivity index is 2.00. The number of nitrogens with two attached hydrogens (primary N) is 1. The topological polar surface area (TPSA) is 49.5 Å². The minimum Gasteiger partial charge on any atom is -0.396 e. The van der Waals surface area contributed by atoms with Crippen LogP contribution in [0.4, 0.5) is 0 Å². The molecule has 3 atom stereocenters. The molecule has 18 heavy (non-hydrogen) atoms. The van der Waals surface area contributed by atoms with E-state index in [9.17, 15) is 0 Å². The van der Waals surface area contributed by atoms with Crippen molar-refractivity contribution in [1.82, 2.24) is 4.90 Å². The van der Waals surface area contributed by atoms with Crippen LogP contribution in [0.5, 0.6) is 0 Å². The molecule has 0 heterocycles. The summed E-state index contributed by atoms with van der Waals surface area (Å²) in [5, 5.41) is 9.11. The number of rotatable bonds is 6. The first-order valence-corrected chi connectivity index (χ1v) is 7.83. The largest absolute Gasteiger partial charge is 0.396 e. The van der Waals surface area contributed by atoms with Gasteiger partial charge in [0.2, 0.25) is 0 Å².